The summed E-state index contributed by atoms with van der Waals surface area (Å²) >= 11 is 0. The molecule has 0 bridgehead atoms. The Morgan fingerprint density at radius 1 is 1.08 bits per heavy atom. The van der Waals surface area contributed by atoms with E-state index in [-0.39, 0.29) is 5.56 Å². The fourth-order valence-corrected chi connectivity index (χ4v) is 2.10. The number of carbonyl (C=O) groups is 1. The zero-order valence-corrected chi connectivity index (χ0v) is 15.0. The van der Waals surface area contributed by atoms with E-state index in [1.54, 1.807) is 0 Å². The van der Waals surface area contributed by atoms with Crippen LogP contribution in [0.4, 0.5) is 0 Å². The van der Waals surface area contributed by atoms with Crippen molar-refractivity contribution in [1.29, 1.82) is 0 Å². The van der Waals surface area contributed by atoms with Crippen molar-refractivity contribution in [1.82, 2.24) is 0 Å². The van der Waals surface area contributed by atoms with Gasteiger partial charge in [-0.05, 0) is 51.8 Å². The molecule has 0 saturated carbocycles. The van der Waals surface area contributed by atoms with Gasteiger partial charge in [-0.1, -0.05) is 17.2 Å². The largest absolute Gasteiger partial charge is 0.493 e. The lowest BCUT2D eigenvalue weighted by Crippen LogP contribution is -2.03. The fourth-order valence-electron chi connectivity index (χ4n) is 2.10. The summed E-state index contributed by atoms with van der Waals surface area (Å²) in [6.45, 7) is 6.59. The third-order valence-electron chi connectivity index (χ3n) is 3.46. The summed E-state index contributed by atoms with van der Waals surface area (Å²) in [6, 6.07) is 2.84. The molecule has 1 aromatic rings. The molecule has 0 aliphatic rings. The van der Waals surface area contributed by atoms with Crippen molar-refractivity contribution >= 4 is 5.97 Å². The molecule has 0 radical (unpaired) electrons. The first kappa shape index (κ1) is 19.6. The number of hydrogen-bond acceptors (Lipinski definition) is 4. The molecule has 0 saturated heterocycles. The lowest BCUT2D eigenvalue weighted by Gasteiger charge is -2.14. The van der Waals surface area contributed by atoms with Crippen LogP contribution in [-0.2, 0) is 0 Å². The van der Waals surface area contributed by atoms with Crippen molar-refractivity contribution in [2.24, 2.45) is 0 Å². The summed E-state index contributed by atoms with van der Waals surface area (Å²) in [5.74, 6) is 0.0243. The maximum absolute atomic E-state index is 11.1. The first-order valence-electron chi connectivity index (χ1n) is 7.80. The van der Waals surface area contributed by atoms with E-state index in [4.69, 9.17) is 19.3 Å². The van der Waals surface area contributed by atoms with Crippen molar-refractivity contribution < 1.29 is 24.1 Å². The predicted octanol–water partition coefficient (Wildman–Crippen LogP) is 4.47. The molecule has 24 heavy (non-hydrogen) atoms. The summed E-state index contributed by atoms with van der Waals surface area (Å²) in [5, 5.41) is 9.12. The molecule has 0 amide bonds. The van der Waals surface area contributed by atoms with Gasteiger partial charge in [0.25, 0.3) is 0 Å². The van der Waals surface area contributed by atoms with Gasteiger partial charge in [-0.25, -0.2) is 4.79 Å². The van der Waals surface area contributed by atoms with Crippen LogP contribution in [0.15, 0.2) is 35.4 Å². The number of methoxy groups -OCH3 is 2. The van der Waals surface area contributed by atoms with Crippen LogP contribution in [0.1, 0.15) is 44.0 Å². The number of allylic oxidation sites excluding steroid dienone is 3. The molecule has 132 valence electrons. The van der Waals surface area contributed by atoms with Crippen LogP contribution in [0.3, 0.4) is 0 Å². The Bertz CT molecular complexity index is 600. The number of ether oxygens (including phenoxy) is 3. The second-order valence-corrected chi connectivity index (χ2v) is 5.70. The smallest absolute Gasteiger partial charge is 0.335 e. The van der Waals surface area contributed by atoms with Gasteiger partial charge in [0.1, 0.15) is 6.61 Å². The first-order valence-corrected chi connectivity index (χ1v) is 7.80. The molecule has 0 fully saturated rings. The summed E-state index contributed by atoms with van der Waals surface area (Å²) in [7, 11) is 2.93. The minimum Gasteiger partial charge on any atom is -0.493 e. The highest BCUT2D eigenvalue weighted by Crippen LogP contribution is 2.38. The number of rotatable bonds is 9. The maximum Gasteiger partial charge on any atom is 0.335 e. The standard InChI is InChI=1S/C19H26O5/c1-13(2)7-6-8-14(3)9-10-24-18-16(22-4)11-15(19(20)21)12-17(18)23-5/h7,9,11-12H,6,8,10H2,1-5H3,(H,20,21). The Hall–Kier alpha value is -2.43. The highest BCUT2D eigenvalue weighted by molar-refractivity contribution is 5.89. The van der Waals surface area contributed by atoms with Crippen LogP contribution in [0.25, 0.3) is 0 Å². The van der Waals surface area contributed by atoms with Gasteiger partial charge in [-0.3, -0.25) is 0 Å². The highest BCUT2D eigenvalue weighted by Gasteiger charge is 2.16. The minimum atomic E-state index is -1.05. The molecule has 1 N–H and O–H groups in total. The molecule has 1 rings (SSSR count). The molecule has 0 heterocycles. The van der Waals surface area contributed by atoms with Crippen LogP contribution in [0, 0.1) is 0 Å². The summed E-state index contributed by atoms with van der Waals surface area (Å²) < 4.78 is 16.2. The average Bonchev–Trinajstić information content (AvgIpc) is 2.53. The molecule has 5 nitrogen and oxygen atoms in total. The molecule has 5 heteroatoms. The normalized spacial score (nSPS) is 11.0. The van der Waals surface area contributed by atoms with Gasteiger partial charge in [0.2, 0.25) is 5.75 Å². The second-order valence-electron chi connectivity index (χ2n) is 5.70. The van der Waals surface area contributed by atoms with Crippen LogP contribution in [0.2, 0.25) is 0 Å². The Kier molecular flexibility index (Phi) is 7.89. The lowest BCUT2D eigenvalue weighted by molar-refractivity contribution is 0.0696. The second kappa shape index (κ2) is 9.65. The van der Waals surface area contributed by atoms with Crippen LogP contribution < -0.4 is 14.2 Å². The number of carboxylic acids is 1. The van der Waals surface area contributed by atoms with Gasteiger partial charge in [0.15, 0.2) is 11.5 Å². The predicted molar refractivity (Wildman–Crippen MR) is 94.4 cm³/mol. The SMILES string of the molecule is COc1cc(C(=O)O)cc(OC)c1OCC=C(C)CCC=C(C)C. The third kappa shape index (κ3) is 5.99. The van der Waals surface area contributed by atoms with E-state index in [1.807, 2.05) is 6.08 Å². The zero-order chi connectivity index (χ0) is 18.1. The van der Waals surface area contributed by atoms with E-state index in [0.717, 1.165) is 12.8 Å². The van der Waals surface area contributed by atoms with Gasteiger partial charge in [-0.15, -0.1) is 0 Å². The number of aromatic carboxylic acids is 1. The Morgan fingerprint density at radius 3 is 2.12 bits per heavy atom. The van der Waals surface area contributed by atoms with Gasteiger partial charge >= 0.3 is 5.97 Å². The number of hydrogen-bond donors (Lipinski definition) is 1. The zero-order valence-electron chi connectivity index (χ0n) is 15.0. The Balaban J connectivity index is 2.83. The first-order chi connectivity index (χ1) is 11.4. The molecule has 0 atom stereocenters. The van der Waals surface area contributed by atoms with Gasteiger partial charge in [0.05, 0.1) is 19.8 Å². The van der Waals surface area contributed by atoms with Crippen LogP contribution >= 0.6 is 0 Å². The van der Waals surface area contributed by atoms with Gasteiger partial charge in [-0.2, -0.15) is 0 Å². The van der Waals surface area contributed by atoms with Crippen molar-refractivity contribution in [3.8, 4) is 17.2 Å². The van der Waals surface area contributed by atoms with Crippen molar-refractivity contribution in [2.45, 2.75) is 33.6 Å². The lowest BCUT2D eigenvalue weighted by atomic mass is 10.1. The fraction of sp³-hybridized carbons (Fsp3) is 0.421. The van der Waals surface area contributed by atoms with Gasteiger partial charge < -0.3 is 19.3 Å². The molecule has 0 spiro atoms. The van der Waals surface area contributed by atoms with Crippen LogP contribution in [-0.4, -0.2) is 31.9 Å². The average molecular weight is 334 g/mol. The van der Waals surface area contributed by atoms with E-state index < -0.39 is 5.97 Å². The number of carboxylic acid groups (broad SMARTS) is 1. The van der Waals surface area contributed by atoms with E-state index in [0.29, 0.717) is 23.9 Å². The molecule has 0 aliphatic carbocycles. The van der Waals surface area contributed by atoms with E-state index in [1.165, 1.54) is 37.5 Å². The molecule has 0 unspecified atom stereocenters. The highest BCUT2D eigenvalue weighted by atomic mass is 16.5. The Labute approximate surface area is 143 Å². The topological polar surface area (TPSA) is 65.0 Å². The van der Waals surface area contributed by atoms with Crippen molar-refractivity contribution in [3.05, 3.63) is 41.0 Å². The quantitative estimate of drug-likeness (QED) is 0.675. The summed E-state index contributed by atoms with van der Waals surface area (Å²) in [5.41, 5.74) is 2.63. The molecule has 1 aromatic carbocycles. The van der Waals surface area contributed by atoms with Crippen LogP contribution in [0.5, 0.6) is 17.2 Å². The van der Waals surface area contributed by atoms with Crippen molar-refractivity contribution in [2.75, 3.05) is 20.8 Å². The van der Waals surface area contributed by atoms with Crippen molar-refractivity contribution in [3.63, 3.8) is 0 Å². The third-order valence-corrected chi connectivity index (χ3v) is 3.46. The summed E-state index contributed by atoms with van der Waals surface area (Å²) in [4.78, 5) is 11.1. The van der Waals surface area contributed by atoms with E-state index >= 15 is 0 Å². The molecule has 0 aromatic heterocycles. The van der Waals surface area contributed by atoms with Gasteiger partial charge in [0, 0.05) is 0 Å². The van der Waals surface area contributed by atoms with E-state index in [2.05, 4.69) is 26.8 Å². The maximum atomic E-state index is 11.1. The Morgan fingerprint density at radius 2 is 1.67 bits per heavy atom. The summed E-state index contributed by atoms with van der Waals surface area (Å²) in [6.07, 6.45) is 6.18. The minimum absolute atomic E-state index is 0.0875. The molecular weight excluding hydrogens is 308 g/mol. The molecular formula is C19H26O5. The number of benzene rings is 1. The van der Waals surface area contributed by atoms with E-state index in [9.17, 15) is 4.79 Å². The monoisotopic (exact) mass is 334 g/mol. The molecule has 0 aliphatic heterocycles.